The summed E-state index contributed by atoms with van der Waals surface area (Å²) in [6, 6.07) is 9.31. The Labute approximate surface area is 184 Å². The van der Waals surface area contributed by atoms with Crippen molar-refractivity contribution in [2.45, 2.75) is 11.8 Å². The Kier molecular flexibility index (Phi) is 7.18. The molecule has 1 amide bonds. The number of anilines is 1. The number of ether oxygens (including phenoxy) is 2. The molecule has 2 aromatic carbocycles. The number of hydrogen-bond acceptors (Lipinski definition) is 8. The lowest BCUT2D eigenvalue weighted by atomic mass is 10.2. The SMILES string of the molecule is Cc1ccc(S(=O)(=O)N2CCOCC2)cc1NC(=O)COC(=O)c1cccc([N+](=O)[O-])c1. The van der Waals surface area contributed by atoms with Crippen molar-refractivity contribution in [3.05, 3.63) is 63.7 Å². The van der Waals surface area contributed by atoms with Gasteiger partial charge in [0.15, 0.2) is 6.61 Å². The van der Waals surface area contributed by atoms with Crippen molar-refractivity contribution in [2.24, 2.45) is 0 Å². The average Bonchev–Trinajstić information content (AvgIpc) is 2.79. The zero-order chi connectivity index (χ0) is 23.3. The lowest BCUT2D eigenvalue weighted by molar-refractivity contribution is -0.384. The second-order valence-electron chi connectivity index (χ2n) is 6.92. The second kappa shape index (κ2) is 9.85. The normalized spacial score (nSPS) is 14.5. The summed E-state index contributed by atoms with van der Waals surface area (Å²) < 4.78 is 37.1. The number of nitro groups is 1. The first-order valence-corrected chi connectivity index (χ1v) is 11.0. The molecule has 1 aliphatic rings. The number of carbonyl (C=O) groups excluding carboxylic acids is 2. The van der Waals surface area contributed by atoms with Gasteiger partial charge in [-0.25, -0.2) is 13.2 Å². The minimum Gasteiger partial charge on any atom is -0.452 e. The Balaban J connectivity index is 1.66. The molecule has 1 N–H and O–H groups in total. The number of sulfonamides is 1. The summed E-state index contributed by atoms with van der Waals surface area (Å²) in [6.07, 6.45) is 0. The van der Waals surface area contributed by atoms with E-state index >= 15 is 0 Å². The number of nitrogens with zero attached hydrogens (tertiary/aromatic N) is 2. The largest absolute Gasteiger partial charge is 0.452 e. The number of amides is 1. The maximum absolute atomic E-state index is 12.8. The summed E-state index contributed by atoms with van der Waals surface area (Å²) in [5.41, 5.74) is 0.527. The molecule has 1 saturated heterocycles. The maximum atomic E-state index is 12.8. The van der Waals surface area contributed by atoms with Gasteiger partial charge in [0.25, 0.3) is 11.6 Å². The van der Waals surface area contributed by atoms with Crippen LogP contribution < -0.4 is 5.32 Å². The van der Waals surface area contributed by atoms with Crippen LogP contribution in [0.3, 0.4) is 0 Å². The van der Waals surface area contributed by atoms with Crippen LogP contribution in [0.5, 0.6) is 0 Å². The number of hydrogen-bond donors (Lipinski definition) is 1. The molecule has 1 fully saturated rings. The van der Waals surface area contributed by atoms with Gasteiger partial charge in [0, 0.05) is 30.9 Å². The highest BCUT2D eigenvalue weighted by molar-refractivity contribution is 7.89. The zero-order valence-corrected chi connectivity index (χ0v) is 18.0. The summed E-state index contributed by atoms with van der Waals surface area (Å²) in [4.78, 5) is 34.5. The fourth-order valence-electron chi connectivity index (χ4n) is 2.98. The number of carbonyl (C=O) groups is 2. The number of aryl methyl sites for hydroxylation is 1. The molecule has 0 unspecified atom stereocenters. The van der Waals surface area contributed by atoms with Gasteiger partial charge in [0.05, 0.1) is 28.6 Å². The van der Waals surface area contributed by atoms with Crippen molar-refractivity contribution in [3.8, 4) is 0 Å². The monoisotopic (exact) mass is 463 g/mol. The molecule has 1 aliphatic heterocycles. The van der Waals surface area contributed by atoms with E-state index in [1.54, 1.807) is 13.0 Å². The van der Waals surface area contributed by atoms with Crippen LogP contribution in [-0.2, 0) is 24.3 Å². The van der Waals surface area contributed by atoms with Crippen LogP contribution in [0.2, 0.25) is 0 Å². The third-order valence-corrected chi connectivity index (χ3v) is 6.61. The summed E-state index contributed by atoms with van der Waals surface area (Å²) in [5, 5.41) is 13.3. The van der Waals surface area contributed by atoms with E-state index in [0.717, 1.165) is 6.07 Å². The first-order chi connectivity index (χ1) is 15.2. The molecule has 0 radical (unpaired) electrons. The molecule has 11 nitrogen and oxygen atoms in total. The Hall–Kier alpha value is -3.35. The predicted molar refractivity (Wildman–Crippen MR) is 113 cm³/mol. The summed E-state index contributed by atoms with van der Waals surface area (Å²) in [5.74, 6) is -1.59. The van der Waals surface area contributed by atoms with Gasteiger partial charge in [-0.15, -0.1) is 0 Å². The average molecular weight is 463 g/mol. The van der Waals surface area contributed by atoms with E-state index in [1.807, 2.05) is 0 Å². The van der Waals surface area contributed by atoms with Crippen molar-refractivity contribution in [1.29, 1.82) is 0 Å². The van der Waals surface area contributed by atoms with Crippen LogP contribution in [0.4, 0.5) is 11.4 Å². The van der Waals surface area contributed by atoms with Crippen molar-refractivity contribution in [2.75, 3.05) is 38.2 Å². The van der Waals surface area contributed by atoms with E-state index < -0.39 is 33.4 Å². The molecule has 0 bridgehead atoms. The lowest BCUT2D eigenvalue weighted by Crippen LogP contribution is -2.40. The number of nitrogens with one attached hydrogen (secondary N) is 1. The third-order valence-electron chi connectivity index (χ3n) is 4.72. The number of rotatable bonds is 7. The van der Waals surface area contributed by atoms with Gasteiger partial charge in [-0.3, -0.25) is 14.9 Å². The van der Waals surface area contributed by atoms with Crippen LogP contribution in [0.15, 0.2) is 47.4 Å². The Morgan fingerprint density at radius 2 is 1.91 bits per heavy atom. The van der Waals surface area contributed by atoms with Gasteiger partial charge in [-0.2, -0.15) is 4.31 Å². The van der Waals surface area contributed by atoms with Crippen LogP contribution in [0, 0.1) is 17.0 Å². The van der Waals surface area contributed by atoms with E-state index in [0.29, 0.717) is 18.8 Å². The van der Waals surface area contributed by atoms with E-state index in [-0.39, 0.29) is 34.9 Å². The highest BCUT2D eigenvalue weighted by atomic mass is 32.2. The highest BCUT2D eigenvalue weighted by Crippen LogP contribution is 2.23. The molecular weight excluding hydrogens is 442 g/mol. The van der Waals surface area contributed by atoms with Gasteiger partial charge < -0.3 is 14.8 Å². The van der Waals surface area contributed by atoms with E-state index in [4.69, 9.17) is 9.47 Å². The second-order valence-corrected chi connectivity index (χ2v) is 8.86. The number of benzene rings is 2. The maximum Gasteiger partial charge on any atom is 0.338 e. The third kappa shape index (κ3) is 5.46. The van der Waals surface area contributed by atoms with Crippen molar-refractivity contribution < 1.29 is 32.4 Å². The van der Waals surface area contributed by atoms with Gasteiger partial charge >= 0.3 is 5.97 Å². The first-order valence-electron chi connectivity index (χ1n) is 9.58. The molecule has 170 valence electrons. The number of nitro benzene ring substituents is 1. The Bertz CT molecular complexity index is 1140. The van der Waals surface area contributed by atoms with Crippen molar-refractivity contribution in [3.63, 3.8) is 0 Å². The summed E-state index contributed by atoms with van der Waals surface area (Å²) >= 11 is 0. The van der Waals surface area contributed by atoms with Crippen LogP contribution in [0.1, 0.15) is 15.9 Å². The van der Waals surface area contributed by atoms with Crippen LogP contribution in [-0.4, -0.2) is 62.4 Å². The van der Waals surface area contributed by atoms with E-state index in [2.05, 4.69) is 5.32 Å². The van der Waals surface area contributed by atoms with Crippen molar-refractivity contribution in [1.82, 2.24) is 4.31 Å². The van der Waals surface area contributed by atoms with Crippen LogP contribution >= 0.6 is 0 Å². The van der Waals surface area contributed by atoms with E-state index in [9.17, 15) is 28.1 Å². The fraction of sp³-hybridized carbons (Fsp3) is 0.300. The molecule has 0 spiro atoms. The molecule has 32 heavy (non-hydrogen) atoms. The molecule has 0 aliphatic carbocycles. The van der Waals surface area contributed by atoms with Crippen molar-refractivity contribution >= 4 is 33.3 Å². The highest BCUT2D eigenvalue weighted by Gasteiger charge is 2.27. The van der Waals surface area contributed by atoms with Crippen LogP contribution in [0.25, 0.3) is 0 Å². The smallest absolute Gasteiger partial charge is 0.338 e. The minimum absolute atomic E-state index is 0.0221. The molecule has 0 aromatic heterocycles. The fourth-order valence-corrected chi connectivity index (χ4v) is 4.41. The molecule has 1 heterocycles. The number of morpholine rings is 1. The molecule has 0 saturated carbocycles. The quantitative estimate of drug-likeness (QED) is 0.371. The van der Waals surface area contributed by atoms with Gasteiger partial charge in [0.2, 0.25) is 10.0 Å². The predicted octanol–water partition coefficient (Wildman–Crippen LogP) is 1.72. The van der Waals surface area contributed by atoms with Gasteiger partial charge in [-0.05, 0) is 30.7 Å². The zero-order valence-electron chi connectivity index (χ0n) is 17.1. The first kappa shape index (κ1) is 23.3. The topological polar surface area (TPSA) is 145 Å². The molecule has 0 atom stereocenters. The lowest BCUT2D eigenvalue weighted by Gasteiger charge is -2.26. The molecule has 12 heteroatoms. The molecule has 3 rings (SSSR count). The minimum atomic E-state index is -3.75. The Morgan fingerprint density at radius 3 is 2.59 bits per heavy atom. The molecular formula is C20H21N3O8S. The molecule has 2 aromatic rings. The standard InChI is InChI=1S/C20H21N3O8S/c1-14-5-6-17(32(28,29)22-7-9-30-10-8-22)12-18(14)21-19(24)13-31-20(25)15-3-2-4-16(11-15)23(26)27/h2-6,11-12H,7-10,13H2,1H3,(H,21,24). The van der Waals surface area contributed by atoms with E-state index in [1.165, 1.54) is 34.6 Å². The van der Waals surface area contributed by atoms with Gasteiger partial charge in [0.1, 0.15) is 0 Å². The summed E-state index contributed by atoms with van der Waals surface area (Å²) in [6.45, 7) is 2.14. The number of esters is 1. The van der Waals surface area contributed by atoms with Gasteiger partial charge in [-0.1, -0.05) is 12.1 Å². The number of non-ortho nitro benzene ring substituents is 1. The Morgan fingerprint density at radius 1 is 1.19 bits per heavy atom. The summed E-state index contributed by atoms with van der Waals surface area (Å²) in [7, 11) is -3.75.